The van der Waals surface area contributed by atoms with E-state index in [0.717, 1.165) is 18.7 Å². The highest BCUT2D eigenvalue weighted by Crippen LogP contribution is 2.14. The smallest absolute Gasteiger partial charge is 0.222 e. The van der Waals surface area contributed by atoms with Gasteiger partial charge in [0.1, 0.15) is 0 Å². The maximum Gasteiger partial charge on any atom is 0.222 e. The molecule has 0 aromatic heterocycles. The first kappa shape index (κ1) is 18.4. The molecule has 0 aliphatic heterocycles. The molecule has 0 heterocycles. The molecule has 0 radical (unpaired) electrons. The normalized spacial score (nSPS) is 10.8. The van der Waals surface area contributed by atoms with Crippen LogP contribution in [0.25, 0.3) is 0 Å². The van der Waals surface area contributed by atoms with Crippen LogP contribution in [0.5, 0.6) is 0 Å². The van der Waals surface area contributed by atoms with E-state index in [1.807, 2.05) is 7.05 Å². The summed E-state index contributed by atoms with van der Waals surface area (Å²) in [7, 11) is 1.86. The molecule has 0 aromatic rings. The van der Waals surface area contributed by atoms with Crippen molar-refractivity contribution in [3.8, 4) is 0 Å². The van der Waals surface area contributed by atoms with Gasteiger partial charge in [-0.15, -0.1) is 12.4 Å². The zero-order valence-corrected chi connectivity index (χ0v) is 12.4. The van der Waals surface area contributed by atoms with Gasteiger partial charge in [0.15, 0.2) is 0 Å². The third-order valence-electron chi connectivity index (χ3n) is 2.38. The van der Waals surface area contributed by atoms with Crippen molar-refractivity contribution < 1.29 is 4.79 Å². The zero-order chi connectivity index (χ0) is 11.9. The van der Waals surface area contributed by atoms with Crippen molar-refractivity contribution in [2.45, 2.75) is 26.7 Å². The average Bonchev–Trinajstić information content (AvgIpc) is 2.17. The van der Waals surface area contributed by atoms with Gasteiger partial charge in [0.25, 0.3) is 0 Å². The monoisotopic (exact) mass is 268 g/mol. The molecule has 5 heteroatoms. The zero-order valence-electron chi connectivity index (χ0n) is 10.8. The minimum atomic E-state index is 0. The molecule has 0 aliphatic rings. The highest BCUT2D eigenvalue weighted by molar-refractivity contribution is 7.98. The van der Waals surface area contributed by atoms with Crippen LogP contribution in [0.2, 0.25) is 0 Å². The Kier molecular flexibility index (Phi) is 10.5. The third-order valence-corrected chi connectivity index (χ3v) is 3.08. The Morgan fingerprint density at radius 2 is 2.00 bits per heavy atom. The highest BCUT2D eigenvalue weighted by atomic mass is 35.5. The summed E-state index contributed by atoms with van der Waals surface area (Å²) < 4.78 is 0. The minimum Gasteiger partial charge on any atom is -0.345 e. The van der Waals surface area contributed by atoms with E-state index in [2.05, 4.69) is 20.1 Å². The topological polar surface area (TPSA) is 46.3 Å². The van der Waals surface area contributed by atoms with Gasteiger partial charge < -0.3 is 10.6 Å². The number of rotatable bonds is 7. The molecule has 0 saturated heterocycles. The van der Waals surface area contributed by atoms with Crippen LogP contribution >= 0.6 is 24.2 Å². The number of thioether (sulfide) groups is 1. The molecular formula is C11H25ClN2OS. The van der Waals surface area contributed by atoms with Gasteiger partial charge in [0, 0.05) is 20.0 Å². The third kappa shape index (κ3) is 8.25. The quantitative estimate of drug-likeness (QED) is 0.719. The molecule has 0 fully saturated rings. The molecule has 0 rings (SSSR count). The van der Waals surface area contributed by atoms with Crippen LogP contribution < -0.4 is 5.73 Å². The number of carbonyl (C=O) groups excluding carboxylic acids is 1. The number of halogens is 1. The van der Waals surface area contributed by atoms with Crippen LogP contribution in [0.3, 0.4) is 0 Å². The first-order valence-corrected chi connectivity index (χ1v) is 6.75. The number of carbonyl (C=O) groups is 1. The van der Waals surface area contributed by atoms with E-state index in [0.29, 0.717) is 13.0 Å². The van der Waals surface area contributed by atoms with Gasteiger partial charge in [-0.2, -0.15) is 11.8 Å². The molecule has 0 unspecified atom stereocenters. The van der Waals surface area contributed by atoms with Crippen molar-refractivity contribution in [1.29, 1.82) is 0 Å². The number of nitrogens with zero attached hydrogens (tertiary/aromatic N) is 1. The van der Waals surface area contributed by atoms with E-state index in [4.69, 9.17) is 5.73 Å². The van der Waals surface area contributed by atoms with Crippen LogP contribution in [-0.4, -0.2) is 43.0 Å². The number of hydrogen-bond acceptors (Lipinski definition) is 3. The van der Waals surface area contributed by atoms with Crippen molar-refractivity contribution in [3.05, 3.63) is 0 Å². The van der Waals surface area contributed by atoms with E-state index in [9.17, 15) is 4.79 Å². The fourth-order valence-electron chi connectivity index (χ4n) is 1.35. The summed E-state index contributed by atoms with van der Waals surface area (Å²) in [5, 5.41) is 0. The number of nitrogens with two attached hydrogens (primary N) is 1. The lowest BCUT2D eigenvalue weighted by Crippen LogP contribution is -2.39. The number of amides is 1. The molecule has 0 aliphatic carbocycles. The average molecular weight is 269 g/mol. The summed E-state index contributed by atoms with van der Waals surface area (Å²) in [6.45, 7) is 5.51. The second kappa shape index (κ2) is 9.14. The lowest BCUT2D eigenvalue weighted by molar-refractivity contribution is -0.131. The van der Waals surface area contributed by atoms with Gasteiger partial charge in [0.05, 0.1) is 0 Å². The second-order valence-electron chi connectivity index (χ2n) is 4.71. The molecule has 98 valence electrons. The van der Waals surface area contributed by atoms with Crippen LogP contribution in [0, 0.1) is 5.41 Å². The lowest BCUT2D eigenvalue weighted by Gasteiger charge is -2.29. The summed E-state index contributed by atoms with van der Waals surface area (Å²) in [5.74, 6) is 1.28. The lowest BCUT2D eigenvalue weighted by atomic mass is 9.93. The predicted molar refractivity (Wildman–Crippen MR) is 75.3 cm³/mol. The van der Waals surface area contributed by atoms with Crippen LogP contribution in [-0.2, 0) is 4.79 Å². The Morgan fingerprint density at radius 3 is 2.44 bits per heavy atom. The Morgan fingerprint density at radius 1 is 1.44 bits per heavy atom. The van der Waals surface area contributed by atoms with Gasteiger partial charge in [-0.3, -0.25) is 4.79 Å². The molecule has 16 heavy (non-hydrogen) atoms. The summed E-state index contributed by atoms with van der Waals surface area (Å²) >= 11 is 1.78. The summed E-state index contributed by atoms with van der Waals surface area (Å²) in [5.41, 5.74) is 5.65. The fraction of sp³-hybridized carbons (Fsp3) is 0.909. The second-order valence-corrected chi connectivity index (χ2v) is 5.70. The van der Waals surface area contributed by atoms with Crippen LogP contribution in [0.4, 0.5) is 0 Å². The highest BCUT2D eigenvalue weighted by Gasteiger charge is 2.20. The predicted octanol–water partition coefficient (Wildman–Crippen LogP) is 1.99. The Labute approximate surface area is 110 Å². The minimum absolute atomic E-state index is 0. The maximum absolute atomic E-state index is 11.7. The molecule has 0 aromatic carbocycles. The Bertz CT molecular complexity index is 200. The molecule has 0 spiro atoms. The van der Waals surface area contributed by atoms with Crippen molar-refractivity contribution in [2.75, 3.05) is 32.1 Å². The van der Waals surface area contributed by atoms with Crippen LogP contribution in [0.1, 0.15) is 26.7 Å². The molecular weight excluding hydrogens is 244 g/mol. The Hall–Kier alpha value is 0.0700. The summed E-state index contributed by atoms with van der Waals surface area (Å²) in [4.78, 5) is 13.5. The Balaban J connectivity index is 0. The standard InChI is InChI=1S/C11H24N2OS.ClH/c1-11(2,8-12)9-13(3)10(14)6-5-7-15-4;/h5-9,12H2,1-4H3;1H. The van der Waals surface area contributed by atoms with E-state index in [1.54, 1.807) is 16.7 Å². The van der Waals surface area contributed by atoms with E-state index in [1.165, 1.54) is 0 Å². The van der Waals surface area contributed by atoms with Gasteiger partial charge in [-0.25, -0.2) is 0 Å². The van der Waals surface area contributed by atoms with Crippen molar-refractivity contribution in [3.63, 3.8) is 0 Å². The largest absolute Gasteiger partial charge is 0.345 e. The first-order chi connectivity index (χ1) is 6.93. The van der Waals surface area contributed by atoms with Gasteiger partial charge in [0.2, 0.25) is 5.91 Å². The fourth-order valence-corrected chi connectivity index (χ4v) is 1.79. The molecule has 0 bridgehead atoms. The van der Waals surface area contributed by atoms with Crippen molar-refractivity contribution in [2.24, 2.45) is 11.1 Å². The van der Waals surface area contributed by atoms with E-state index < -0.39 is 0 Å². The molecule has 2 N–H and O–H groups in total. The van der Waals surface area contributed by atoms with Crippen molar-refractivity contribution >= 4 is 30.1 Å². The molecule has 0 atom stereocenters. The van der Waals surface area contributed by atoms with Gasteiger partial charge in [-0.05, 0) is 30.4 Å². The van der Waals surface area contributed by atoms with Crippen molar-refractivity contribution in [1.82, 2.24) is 4.90 Å². The summed E-state index contributed by atoms with van der Waals surface area (Å²) in [6, 6.07) is 0. The molecule has 3 nitrogen and oxygen atoms in total. The van der Waals surface area contributed by atoms with Crippen LogP contribution in [0.15, 0.2) is 0 Å². The SMILES string of the molecule is CSCCCC(=O)N(C)CC(C)(C)CN.Cl. The first-order valence-electron chi connectivity index (χ1n) is 5.36. The summed E-state index contributed by atoms with van der Waals surface area (Å²) in [6.07, 6.45) is 3.68. The van der Waals surface area contributed by atoms with E-state index in [-0.39, 0.29) is 23.7 Å². The van der Waals surface area contributed by atoms with Gasteiger partial charge in [-0.1, -0.05) is 13.8 Å². The molecule has 0 saturated carbocycles. The van der Waals surface area contributed by atoms with Gasteiger partial charge >= 0.3 is 0 Å². The van der Waals surface area contributed by atoms with E-state index >= 15 is 0 Å². The molecule has 1 amide bonds. The number of hydrogen-bond donors (Lipinski definition) is 1. The maximum atomic E-state index is 11.7.